The molecule has 0 aliphatic heterocycles. The Balaban J connectivity index is 2.30. The smallest absolute Gasteiger partial charge is 0.313 e. The first kappa shape index (κ1) is 11.7. The molecule has 1 N–H and O–H groups in total. The molecule has 88 valence electrons. The summed E-state index contributed by atoms with van der Waals surface area (Å²) in [6.07, 6.45) is -0.451. The predicted octanol–water partition coefficient (Wildman–Crippen LogP) is 2.78. The summed E-state index contributed by atoms with van der Waals surface area (Å²) in [6, 6.07) is 12.9. The molecule has 2 rings (SSSR count). The lowest BCUT2D eigenvalue weighted by Gasteiger charge is -2.07. The van der Waals surface area contributed by atoms with E-state index < -0.39 is 20.2 Å². The van der Waals surface area contributed by atoms with E-state index in [9.17, 15) is 9.36 Å². The number of aliphatic carboxylic acids is 1. The van der Waals surface area contributed by atoms with Crippen LogP contribution in [0.25, 0.3) is 10.8 Å². The summed E-state index contributed by atoms with van der Waals surface area (Å²) in [5, 5.41) is 10.3. The molecule has 2 aromatic rings. The van der Waals surface area contributed by atoms with Crippen LogP contribution in [0.15, 0.2) is 42.5 Å². The Bertz CT molecular complexity index is 574. The van der Waals surface area contributed by atoms with Gasteiger partial charge in [0.05, 0.1) is 0 Å². The molecular weight excluding hydrogens is 239 g/mol. The number of carboxylic acids is 1. The van der Waals surface area contributed by atoms with E-state index in [1.807, 2.05) is 30.3 Å². The van der Waals surface area contributed by atoms with Crippen LogP contribution >= 0.6 is 8.03 Å². The van der Waals surface area contributed by atoms with Crippen LogP contribution < -0.4 is 4.52 Å². The molecule has 0 spiro atoms. The highest BCUT2D eigenvalue weighted by Crippen LogP contribution is 2.32. The van der Waals surface area contributed by atoms with Gasteiger partial charge in [-0.3, -0.25) is 9.36 Å². The summed E-state index contributed by atoms with van der Waals surface area (Å²) in [7, 11) is -2.58. The molecule has 0 bridgehead atoms. The summed E-state index contributed by atoms with van der Waals surface area (Å²) < 4.78 is 16.7. The van der Waals surface area contributed by atoms with Crippen LogP contribution in [0.1, 0.15) is 0 Å². The number of hydrogen-bond acceptors (Lipinski definition) is 3. The van der Waals surface area contributed by atoms with Crippen LogP contribution in [0, 0.1) is 0 Å². The first-order chi connectivity index (χ1) is 8.16. The zero-order valence-electron chi connectivity index (χ0n) is 8.92. The number of hydrogen-bond donors (Lipinski definition) is 1. The summed E-state index contributed by atoms with van der Waals surface area (Å²) in [5.74, 6) is -0.651. The maximum absolute atomic E-state index is 11.4. The Morgan fingerprint density at radius 2 is 1.88 bits per heavy atom. The molecule has 17 heavy (non-hydrogen) atoms. The second-order valence-corrected chi connectivity index (χ2v) is 4.82. The first-order valence-electron chi connectivity index (χ1n) is 5.07. The lowest BCUT2D eigenvalue weighted by atomic mass is 10.1. The Labute approximate surface area is 98.7 Å². The molecule has 0 radical (unpaired) electrons. The normalized spacial score (nSPS) is 12.2. The topological polar surface area (TPSA) is 63.6 Å². The molecule has 5 heteroatoms. The van der Waals surface area contributed by atoms with Crippen molar-refractivity contribution in [3.63, 3.8) is 0 Å². The van der Waals surface area contributed by atoms with E-state index in [1.165, 1.54) is 0 Å². The second kappa shape index (κ2) is 5.02. The van der Waals surface area contributed by atoms with Crippen molar-refractivity contribution in [2.45, 2.75) is 0 Å². The molecular formula is C12H11O4P. The van der Waals surface area contributed by atoms with Crippen molar-refractivity contribution in [2.24, 2.45) is 0 Å². The molecule has 4 nitrogen and oxygen atoms in total. The van der Waals surface area contributed by atoms with Gasteiger partial charge in [0.2, 0.25) is 8.03 Å². The monoisotopic (exact) mass is 250 g/mol. The average molecular weight is 250 g/mol. The van der Waals surface area contributed by atoms with Crippen molar-refractivity contribution >= 4 is 24.8 Å². The fraction of sp³-hybridized carbons (Fsp3) is 0.0833. The molecule has 0 aromatic heterocycles. The third kappa shape index (κ3) is 2.86. The van der Waals surface area contributed by atoms with Crippen molar-refractivity contribution in [3.8, 4) is 5.75 Å². The van der Waals surface area contributed by atoms with Crippen LogP contribution in [-0.4, -0.2) is 17.2 Å². The van der Waals surface area contributed by atoms with Gasteiger partial charge in [-0.2, -0.15) is 0 Å². The fourth-order valence-electron chi connectivity index (χ4n) is 1.57. The van der Waals surface area contributed by atoms with Gasteiger partial charge in [-0.05, 0) is 11.5 Å². The minimum Gasteiger partial charge on any atom is -0.481 e. The van der Waals surface area contributed by atoms with E-state index in [0.29, 0.717) is 5.75 Å². The van der Waals surface area contributed by atoms with Crippen LogP contribution in [-0.2, 0) is 9.36 Å². The summed E-state index contributed by atoms with van der Waals surface area (Å²) >= 11 is 0. The van der Waals surface area contributed by atoms with E-state index in [2.05, 4.69) is 0 Å². The highest BCUT2D eigenvalue weighted by atomic mass is 31.1. The molecule has 0 aliphatic carbocycles. The molecule has 2 aromatic carbocycles. The largest absolute Gasteiger partial charge is 0.481 e. The highest BCUT2D eigenvalue weighted by Gasteiger charge is 2.09. The number of benzene rings is 2. The van der Waals surface area contributed by atoms with Gasteiger partial charge in [0, 0.05) is 5.39 Å². The van der Waals surface area contributed by atoms with Gasteiger partial charge in [-0.25, -0.2) is 0 Å². The van der Waals surface area contributed by atoms with E-state index in [0.717, 1.165) is 10.8 Å². The van der Waals surface area contributed by atoms with E-state index in [4.69, 9.17) is 9.63 Å². The minimum atomic E-state index is -2.58. The molecule has 0 aliphatic rings. The van der Waals surface area contributed by atoms with Gasteiger partial charge in [0.1, 0.15) is 11.9 Å². The van der Waals surface area contributed by atoms with Crippen LogP contribution in [0.3, 0.4) is 0 Å². The van der Waals surface area contributed by atoms with Crippen molar-refractivity contribution in [2.75, 3.05) is 6.16 Å². The number of carboxylic acid groups (broad SMARTS) is 1. The Kier molecular flexibility index (Phi) is 3.45. The third-order valence-corrected chi connectivity index (χ3v) is 3.31. The maximum Gasteiger partial charge on any atom is 0.313 e. The van der Waals surface area contributed by atoms with Crippen molar-refractivity contribution in [1.29, 1.82) is 0 Å². The van der Waals surface area contributed by atoms with Crippen LogP contribution in [0.5, 0.6) is 5.75 Å². The quantitative estimate of drug-likeness (QED) is 0.847. The molecule has 0 saturated heterocycles. The minimum absolute atomic E-state index is 0.451. The maximum atomic E-state index is 11.4. The average Bonchev–Trinajstić information content (AvgIpc) is 2.28. The summed E-state index contributed by atoms with van der Waals surface area (Å²) in [5.41, 5.74) is 0. The van der Waals surface area contributed by atoms with E-state index >= 15 is 0 Å². The fourth-order valence-corrected chi connectivity index (χ4v) is 2.31. The molecule has 1 unspecified atom stereocenters. The number of carbonyl (C=O) groups is 1. The zero-order valence-corrected chi connectivity index (χ0v) is 9.92. The highest BCUT2D eigenvalue weighted by molar-refractivity contribution is 7.40. The van der Waals surface area contributed by atoms with Crippen molar-refractivity contribution in [3.05, 3.63) is 42.5 Å². The van der Waals surface area contributed by atoms with Gasteiger partial charge in [0.15, 0.2) is 0 Å². The Morgan fingerprint density at radius 3 is 2.65 bits per heavy atom. The van der Waals surface area contributed by atoms with Gasteiger partial charge < -0.3 is 9.63 Å². The zero-order chi connectivity index (χ0) is 12.3. The Morgan fingerprint density at radius 1 is 1.18 bits per heavy atom. The third-order valence-electron chi connectivity index (χ3n) is 2.27. The number of rotatable bonds is 4. The number of fused-ring (bicyclic) bond motifs is 1. The standard InChI is InChI=1S/C12H11O4P/c13-12(14)8-17(15)16-11-7-3-5-9-4-1-2-6-10(9)11/h1-7,17H,8H2,(H,13,14). The van der Waals surface area contributed by atoms with Crippen LogP contribution in [0.2, 0.25) is 0 Å². The predicted molar refractivity (Wildman–Crippen MR) is 66.1 cm³/mol. The second-order valence-electron chi connectivity index (χ2n) is 3.52. The molecule has 0 saturated carbocycles. The lowest BCUT2D eigenvalue weighted by molar-refractivity contribution is -0.134. The van der Waals surface area contributed by atoms with Crippen molar-refractivity contribution in [1.82, 2.24) is 0 Å². The van der Waals surface area contributed by atoms with Gasteiger partial charge in [-0.15, -0.1) is 0 Å². The molecule has 0 heterocycles. The molecule has 1 atom stereocenters. The molecule has 0 amide bonds. The SMILES string of the molecule is O=C(O)C[PH](=O)Oc1cccc2ccccc12. The van der Waals surface area contributed by atoms with Gasteiger partial charge in [-0.1, -0.05) is 36.4 Å². The van der Waals surface area contributed by atoms with Crippen LogP contribution in [0.4, 0.5) is 0 Å². The van der Waals surface area contributed by atoms with Gasteiger partial charge >= 0.3 is 5.97 Å². The van der Waals surface area contributed by atoms with E-state index in [-0.39, 0.29) is 0 Å². The van der Waals surface area contributed by atoms with Gasteiger partial charge in [0.25, 0.3) is 0 Å². The lowest BCUT2D eigenvalue weighted by Crippen LogP contribution is -2.00. The first-order valence-corrected chi connectivity index (χ1v) is 6.59. The summed E-state index contributed by atoms with van der Waals surface area (Å²) in [6.45, 7) is 0. The van der Waals surface area contributed by atoms with E-state index in [1.54, 1.807) is 12.1 Å². The molecule has 0 fully saturated rings. The Hall–Kier alpha value is -1.80. The van der Waals surface area contributed by atoms with Crippen molar-refractivity contribution < 1.29 is 19.0 Å². The summed E-state index contributed by atoms with van der Waals surface area (Å²) in [4.78, 5) is 10.4.